The molecule has 19 heteroatoms. The van der Waals surface area contributed by atoms with Gasteiger partial charge in [0, 0.05) is 25.7 Å². The molecule has 570 valence electrons. The molecule has 0 aliphatic heterocycles. The predicted molar refractivity (Wildman–Crippen MR) is 400 cm³/mol. The van der Waals surface area contributed by atoms with Gasteiger partial charge in [0.15, 0.2) is 12.2 Å². The zero-order chi connectivity index (χ0) is 71.8. The van der Waals surface area contributed by atoms with Gasteiger partial charge in [0.1, 0.15) is 19.3 Å². The number of carbonyl (C=O) groups excluding carboxylic acids is 4. The van der Waals surface area contributed by atoms with Crippen LogP contribution in [0, 0.1) is 0 Å². The summed E-state index contributed by atoms with van der Waals surface area (Å²) < 4.78 is 68.4. The highest BCUT2D eigenvalue weighted by Gasteiger charge is 2.30. The summed E-state index contributed by atoms with van der Waals surface area (Å²) in [6, 6.07) is 0. The first-order valence-electron chi connectivity index (χ1n) is 39.2. The van der Waals surface area contributed by atoms with E-state index in [0.29, 0.717) is 32.1 Å². The maximum Gasteiger partial charge on any atom is 0.472 e. The van der Waals surface area contributed by atoms with E-state index in [2.05, 4.69) is 88.5 Å². The fourth-order valence-electron chi connectivity index (χ4n) is 10.6. The highest BCUT2D eigenvalue weighted by molar-refractivity contribution is 7.47. The van der Waals surface area contributed by atoms with Gasteiger partial charge in [-0.2, -0.15) is 0 Å². The maximum absolute atomic E-state index is 13.1. The monoisotopic (exact) mass is 1420 g/mol. The van der Waals surface area contributed by atoms with Gasteiger partial charge >= 0.3 is 39.5 Å². The zero-order valence-corrected chi connectivity index (χ0v) is 64.0. The number of esters is 4. The Bertz CT molecular complexity index is 2140. The van der Waals surface area contributed by atoms with Crippen LogP contribution in [0.25, 0.3) is 0 Å². The standard InChI is InChI=1S/C79H142O17P2/c1-5-9-13-17-21-25-29-33-35-36-38-42-44-48-52-56-60-64-77(82)90-70-75(96-79(84)66-62-58-54-50-46-40-32-28-24-20-16-12-8-4)72-94-98(87,88)92-68-73(80)67-91-97(85,86)93-71-74(95-78(83)65-61-57-53-49-45-39-31-27-23-19-15-11-7-3)69-89-76(81)63-59-55-51-47-43-41-37-34-30-26-22-18-14-10-6-2/h21,25,27-28,31-33,35,38,42,48,52,73-75,80H,5-20,22-24,26,29-30,34,36-37,39-41,43-47,49-51,53-72H2,1-4H3,(H,85,86)(H,87,88)/b25-21-,31-27-,32-28-,35-33-,42-38-,52-48-/t73-,74+,75+/m0/s1. The fraction of sp³-hybridized carbons (Fsp3) is 0.797. The van der Waals surface area contributed by atoms with Crippen LogP contribution >= 0.6 is 15.6 Å². The number of allylic oxidation sites excluding steroid dienone is 12. The molecule has 0 heterocycles. The summed E-state index contributed by atoms with van der Waals surface area (Å²) in [6.45, 7) is 4.78. The molecule has 0 fully saturated rings. The van der Waals surface area contributed by atoms with Crippen LogP contribution in [0.5, 0.6) is 0 Å². The summed E-state index contributed by atoms with van der Waals surface area (Å²) >= 11 is 0. The molecule has 0 rings (SSSR count). The van der Waals surface area contributed by atoms with Crippen molar-refractivity contribution < 1.29 is 80.2 Å². The molecule has 2 unspecified atom stereocenters. The molecule has 0 radical (unpaired) electrons. The molecular formula is C79H142O17P2. The Kier molecular flexibility index (Phi) is 69.3. The minimum absolute atomic E-state index is 0.0755. The van der Waals surface area contributed by atoms with Gasteiger partial charge in [-0.15, -0.1) is 0 Å². The van der Waals surface area contributed by atoms with E-state index in [1.807, 2.05) is 12.2 Å². The van der Waals surface area contributed by atoms with Crippen LogP contribution in [0.1, 0.15) is 349 Å². The third-order valence-electron chi connectivity index (χ3n) is 16.6. The molecule has 0 saturated carbocycles. The molecule has 3 N–H and O–H groups in total. The number of phosphoric ester groups is 2. The van der Waals surface area contributed by atoms with E-state index in [4.69, 9.17) is 37.0 Å². The first kappa shape index (κ1) is 94.5. The number of phosphoric acid groups is 2. The topological polar surface area (TPSA) is 237 Å². The molecule has 0 aliphatic rings. The summed E-state index contributed by atoms with van der Waals surface area (Å²) in [6.07, 6.45) is 71.8. The van der Waals surface area contributed by atoms with Crippen molar-refractivity contribution in [1.82, 2.24) is 0 Å². The minimum Gasteiger partial charge on any atom is -0.462 e. The van der Waals surface area contributed by atoms with Gasteiger partial charge in [-0.05, 0) is 116 Å². The molecule has 0 aromatic heterocycles. The number of carbonyl (C=O) groups is 4. The van der Waals surface area contributed by atoms with Gasteiger partial charge in [0.05, 0.1) is 26.4 Å². The molecule has 0 bridgehead atoms. The average Bonchev–Trinajstić information content (AvgIpc) is 0.969. The Morgan fingerprint density at radius 3 is 0.847 bits per heavy atom. The number of aliphatic hydroxyl groups is 1. The molecule has 0 aromatic rings. The van der Waals surface area contributed by atoms with Crippen molar-refractivity contribution in [2.75, 3.05) is 39.6 Å². The zero-order valence-electron chi connectivity index (χ0n) is 62.2. The minimum atomic E-state index is -4.98. The van der Waals surface area contributed by atoms with E-state index >= 15 is 0 Å². The quantitative estimate of drug-likeness (QED) is 0.0169. The summed E-state index contributed by atoms with van der Waals surface area (Å²) in [5, 5.41) is 10.6. The van der Waals surface area contributed by atoms with Gasteiger partial charge < -0.3 is 33.8 Å². The van der Waals surface area contributed by atoms with Gasteiger partial charge in [-0.3, -0.25) is 37.3 Å². The molecule has 0 saturated heterocycles. The van der Waals surface area contributed by atoms with Crippen molar-refractivity contribution in [2.24, 2.45) is 0 Å². The third kappa shape index (κ3) is 70.9. The second-order valence-corrected chi connectivity index (χ2v) is 29.2. The molecular weight excluding hydrogens is 1280 g/mol. The number of unbranched alkanes of at least 4 members (excludes halogenated alkanes) is 36. The van der Waals surface area contributed by atoms with Crippen LogP contribution in [-0.4, -0.2) is 96.7 Å². The van der Waals surface area contributed by atoms with Crippen LogP contribution in [0.15, 0.2) is 72.9 Å². The largest absolute Gasteiger partial charge is 0.472 e. The second kappa shape index (κ2) is 71.9. The Balaban J connectivity index is 5.36. The van der Waals surface area contributed by atoms with E-state index < -0.39 is 97.5 Å². The fourth-order valence-corrected chi connectivity index (χ4v) is 12.2. The van der Waals surface area contributed by atoms with E-state index in [0.717, 1.165) is 122 Å². The number of hydrogen-bond acceptors (Lipinski definition) is 15. The number of rotatable bonds is 74. The second-order valence-electron chi connectivity index (χ2n) is 26.3. The van der Waals surface area contributed by atoms with E-state index in [1.165, 1.54) is 141 Å². The lowest BCUT2D eigenvalue weighted by atomic mass is 10.0. The normalized spacial score (nSPS) is 14.3. The average molecular weight is 1430 g/mol. The van der Waals surface area contributed by atoms with Crippen molar-refractivity contribution in [3.05, 3.63) is 72.9 Å². The van der Waals surface area contributed by atoms with Crippen molar-refractivity contribution in [2.45, 2.75) is 367 Å². The third-order valence-corrected chi connectivity index (χ3v) is 18.5. The summed E-state index contributed by atoms with van der Waals surface area (Å²) in [4.78, 5) is 72.8. The molecule has 98 heavy (non-hydrogen) atoms. The van der Waals surface area contributed by atoms with Gasteiger partial charge in [0.2, 0.25) is 0 Å². The summed E-state index contributed by atoms with van der Waals surface area (Å²) in [5.41, 5.74) is 0. The molecule has 0 aromatic carbocycles. The summed E-state index contributed by atoms with van der Waals surface area (Å²) in [5.74, 6) is -2.23. The number of hydrogen-bond donors (Lipinski definition) is 3. The smallest absolute Gasteiger partial charge is 0.462 e. The van der Waals surface area contributed by atoms with Crippen LogP contribution in [-0.2, 0) is 65.4 Å². The van der Waals surface area contributed by atoms with Gasteiger partial charge in [-0.1, -0.05) is 280 Å². The van der Waals surface area contributed by atoms with Gasteiger partial charge in [-0.25, -0.2) is 9.13 Å². The van der Waals surface area contributed by atoms with Crippen LogP contribution in [0.2, 0.25) is 0 Å². The number of ether oxygens (including phenoxy) is 4. The Morgan fingerprint density at radius 1 is 0.286 bits per heavy atom. The molecule has 0 spiro atoms. The maximum atomic E-state index is 13.1. The molecule has 0 amide bonds. The SMILES string of the molecule is CCCCC/C=C\C/C=C\C/C=C\C/C=C\CCCC(=O)OC[C@H](COP(=O)(O)OC[C@@H](O)COP(=O)(O)OC[C@@H](COC(=O)CCCCCCCCCCCCCCCCC)OC(=O)CCCCCCC/C=C\CCCCCC)OC(=O)CCCCCCC/C=C\CCCCCC. The summed E-state index contributed by atoms with van der Waals surface area (Å²) in [7, 11) is -9.96. The molecule has 17 nitrogen and oxygen atoms in total. The number of aliphatic hydroxyl groups excluding tert-OH is 1. The van der Waals surface area contributed by atoms with Crippen molar-refractivity contribution in [3.8, 4) is 0 Å². The first-order chi connectivity index (χ1) is 47.7. The van der Waals surface area contributed by atoms with Gasteiger partial charge in [0.25, 0.3) is 0 Å². The lowest BCUT2D eigenvalue weighted by molar-refractivity contribution is -0.161. The van der Waals surface area contributed by atoms with E-state index in [9.17, 15) is 43.2 Å². The van der Waals surface area contributed by atoms with E-state index in [-0.39, 0.29) is 25.7 Å². The van der Waals surface area contributed by atoms with Crippen molar-refractivity contribution in [1.29, 1.82) is 0 Å². The first-order valence-corrected chi connectivity index (χ1v) is 42.2. The van der Waals surface area contributed by atoms with Crippen molar-refractivity contribution >= 4 is 39.5 Å². The van der Waals surface area contributed by atoms with E-state index in [1.54, 1.807) is 0 Å². The Morgan fingerprint density at radius 2 is 0.510 bits per heavy atom. The van der Waals surface area contributed by atoms with Crippen LogP contribution in [0.4, 0.5) is 0 Å². The van der Waals surface area contributed by atoms with Crippen LogP contribution in [0.3, 0.4) is 0 Å². The Hall–Kier alpha value is -3.50. The predicted octanol–water partition coefficient (Wildman–Crippen LogP) is 22.4. The highest BCUT2D eigenvalue weighted by Crippen LogP contribution is 2.45. The lowest BCUT2D eigenvalue weighted by Crippen LogP contribution is -2.30. The highest BCUT2D eigenvalue weighted by atomic mass is 31.2. The van der Waals surface area contributed by atoms with Crippen molar-refractivity contribution in [3.63, 3.8) is 0 Å². The Labute approximate surface area is 596 Å². The lowest BCUT2D eigenvalue weighted by Gasteiger charge is -2.21. The molecule has 0 aliphatic carbocycles. The van der Waals surface area contributed by atoms with Crippen LogP contribution < -0.4 is 0 Å². The molecule has 5 atom stereocenters.